The Morgan fingerprint density at radius 1 is 1.53 bits per heavy atom. The van der Waals surface area contributed by atoms with E-state index in [1.54, 1.807) is 19.1 Å². The minimum atomic E-state index is -0.489. The summed E-state index contributed by atoms with van der Waals surface area (Å²) in [6.07, 6.45) is 2.53. The largest absolute Gasteiger partial charge is 0.466 e. The van der Waals surface area contributed by atoms with Gasteiger partial charge in [-0.15, -0.1) is 0 Å². The average Bonchev–Trinajstić information content (AvgIpc) is 2.22. The Labute approximate surface area is 87.6 Å². The van der Waals surface area contributed by atoms with Gasteiger partial charge in [-0.1, -0.05) is 12.1 Å². The topological polar surface area (TPSA) is 38.3 Å². The van der Waals surface area contributed by atoms with E-state index in [9.17, 15) is 9.18 Å². The van der Waals surface area contributed by atoms with Crippen LogP contribution in [0.25, 0.3) is 0 Å². The molecule has 4 heteroatoms. The number of carbonyl (C=O) groups is 1. The van der Waals surface area contributed by atoms with Crippen molar-refractivity contribution in [3.05, 3.63) is 41.9 Å². The van der Waals surface area contributed by atoms with Crippen molar-refractivity contribution in [1.29, 1.82) is 0 Å². The molecule has 1 aromatic rings. The molecule has 0 fully saturated rings. The second-order valence-electron chi connectivity index (χ2n) is 2.93. The molecule has 0 aliphatic rings. The normalized spacial score (nSPS) is 10.3. The quantitative estimate of drug-likeness (QED) is 0.612. The van der Waals surface area contributed by atoms with Gasteiger partial charge in [-0.05, 0) is 18.6 Å². The Hall–Kier alpha value is -1.84. The van der Waals surface area contributed by atoms with Crippen LogP contribution in [-0.4, -0.2) is 13.1 Å². The first-order chi connectivity index (χ1) is 7.15. The number of halogens is 1. The molecule has 0 unspecified atom stereocenters. The molecular formula is C11H12FNO2. The second kappa shape index (κ2) is 5.14. The Balaban J connectivity index is 2.73. The van der Waals surface area contributed by atoms with Crippen molar-refractivity contribution in [3.63, 3.8) is 0 Å². The predicted octanol–water partition coefficient (Wildman–Crippen LogP) is 2.23. The van der Waals surface area contributed by atoms with E-state index in [1.807, 2.05) is 0 Å². The summed E-state index contributed by atoms with van der Waals surface area (Å²) in [5.41, 5.74) is 1.13. The van der Waals surface area contributed by atoms with Crippen LogP contribution < -0.4 is 5.32 Å². The van der Waals surface area contributed by atoms with Crippen molar-refractivity contribution in [2.45, 2.75) is 6.92 Å². The fourth-order valence-electron chi connectivity index (χ4n) is 1.08. The minimum absolute atomic E-state index is 0.357. The van der Waals surface area contributed by atoms with Gasteiger partial charge in [0.15, 0.2) is 0 Å². The zero-order valence-corrected chi connectivity index (χ0v) is 8.58. The number of aryl methyl sites for hydroxylation is 1. The van der Waals surface area contributed by atoms with Crippen LogP contribution in [0.15, 0.2) is 30.5 Å². The lowest BCUT2D eigenvalue weighted by molar-refractivity contribution is -0.134. The zero-order chi connectivity index (χ0) is 11.3. The van der Waals surface area contributed by atoms with Gasteiger partial charge in [0, 0.05) is 12.3 Å². The molecule has 0 radical (unpaired) electrons. The first-order valence-electron chi connectivity index (χ1n) is 4.41. The third-order valence-corrected chi connectivity index (χ3v) is 1.87. The van der Waals surface area contributed by atoms with Gasteiger partial charge in [0.2, 0.25) is 0 Å². The minimum Gasteiger partial charge on any atom is -0.466 e. The highest BCUT2D eigenvalue weighted by molar-refractivity contribution is 5.82. The number of benzene rings is 1. The van der Waals surface area contributed by atoms with E-state index in [2.05, 4.69) is 10.1 Å². The molecule has 0 aliphatic carbocycles. The van der Waals surface area contributed by atoms with Gasteiger partial charge in [-0.3, -0.25) is 0 Å². The van der Waals surface area contributed by atoms with Crippen LogP contribution in [0.5, 0.6) is 0 Å². The lowest BCUT2D eigenvalue weighted by Gasteiger charge is -2.05. The summed E-state index contributed by atoms with van der Waals surface area (Å²) in [5.74, 6) is -0.846. The molecule has 3 nitrogen and oxygen atoms in total. The molecule has 0 bridgehead atoms. The molecule has 0 saturated heterocycles. The molecule has 0 saturated carbocycles. The van der Waals surface area contributed by atoms with Gasteiger partial charge in [0.05, 0.1) is 12.8 Å². The SMILES string of the molecule is COC(=O)/C=C/Nc1c(C)cccc1F. The van der Waals surface area contributed by atoms with E-state index in [4.69, 9.17) is 0 Å². The molecule has 80 valence electrons. The van der Waals surface area contributed by atoms with Crippen molar-refractivity contribution in [3.8, 4) is 0 Å². The maximum atomic E-state index is 13.2. The smallest absolute Gasteiger partial charge is 0.331 e. The van der Waals surface area contributed by atoms with E-state index in [-0.39, 0.29) is 5.82 Å². The van der Waals surface area contributed by atoms with Crippen molar-refractivity contribution in [1.82, 2.24) is 0 Å². The maximum Gasteiger partial charge on any atom is 0.331 e. The summed E-state index contributed by atoms with van der Waals surface area (Å²) in [4.78, 5) is 10.7. The molecule has 0 aromatic heterocycles. The molecule has 1 rings (SSSR count). The van der Waals surface area contributed by atoms with Crippen molar-refractivity contribution < 1.29 is 13.9 Å². The average molecular weight is 209 g/mol. The molecule has 0 atom stereocenters. The number of ether oxygens (including phenoxy) is 1. The van der Waals surface area contributed by atoms with Gasteiger partial charge in [-0.2, -0.15) is 0 Å². The molecule has 0 aliphatic heterocycles. The molecule has 1 aromatic carbocycles. The summed E-state index contributed by atoms with van der Waals surface area (Å²) in [6.45, 7) is 1.78. The molecule has 0 amide bonds. The van der Waals surface area contributed by atoms with Gasteiger partial charge in [0.25, 0.3) is 0 Å². The number of methoxy groups -OCH3 is 1. The Morgan fingerprint density at radius 2 is 2.27 bits per heavy atom. The summed E-state index contributed by atoms with van der Waals surface area (Å²) >= 11 is 0. The summed E-state index contributed by atoms with van der Waals surface area (Å²) in [7, 11) is 1.28. The lowest BCUT2D eigenvalue weighted by Crippen LogP contribution is -1.98. The number of hydrogen-bond acceptors (Lipinski definition) is 3. The third-order valence-electron chi connectivity index (χ3n) is 1.87. The Bertz CT molecular complexity index is 368. The van der Waals surface area contributed by atoms with Crippen molar-refractivity contribution in [2.24, 2.45) is 0 Å². The van der Waals surface area contributed by atoms with E-state index >= 15 is 0 Å². The number of nitrogens with one attached hydrogen (secondary N) is 1. The van der Waals surface area contributed by atoms with Crippen LogP contribution >= 0.6 is 0 Å². The molecule has 0 spiro atoms. The first kappa shape index (κ1) is 11.2. The number of esters is 1. The fraction of sp³-hybridized carbons (Fsp3) is 0.182. The Morgan fingerprint density at radius 3 is 2.87 bits per heavy atom. The molecule has 0 heterocycles. The highest BCUT2D eigenvalue weighted by Crippen LogP contribution is 2.18. The standard InChI is InChI=1S/C11H12FNO2/c1-8-4-3-5-9(12)11(8)13-7-6-10(14)15-2/h3-7,13H,1-2H3/b7-6+. The van der Waals surface area contributed by atoms with E-state index in [1.165, 1.54) is 25.5 Å². The highest BCUT2D eigenvalue weighted by Gasteiger charge is 2.02. The van der Waals surface area contributed by atoms with E-state index < -0.39 is 5.97 Å². The van der Waals surface area contributed by atoms with Crippen LogP contribution in [0.3, 0.4) is 0 Å². The second-order valence-corrected chi connectivity index (χ2v) is 2.93. The van der Waals surface area contributed by atoms with Gasteiger partial charge < -0.3 is 10.1 Å². The lowest BCUT2D eigenvalue weighted by atomic mass is 10.2. The number of rotatable bonds is 3. The zero-order valence-electron chi connectivity index (χ0n) is 8.58. The Kier molecular flexibility index (Phi) is 3.85. The van der Waals surface area contributed by atoms with E-state index in [0.29, 0.717) is 5.69 Å². The maximum absolute atomic E-state index is 13.2. The van der Waals surface area contributed by atoms with E-state index in [0.717, 1.165) is 5.56 Å². The van der Waals surface area contributed by atoms with Gasteiger partial charge in [-0.25, -0.2) is 9.18 Å². The monoisotopic (exact) mass is 209 g/mol. The number of carbonyl (C=O) groups excluding carboxylic acids is 1. The van der Waals surface area contributed by atoms with Crippen molar-refractivity contribution >= 4 is 11.7 Å². The predicted molar refractivity (Wildman–Crippen MR) is 55.9 cm³/mol. The third kappa shape index (κ3) is 3.09. The molecule has 15 heavy (non-hydrogen) atoms. The first-order valence-corrected chi connectivity index (χ1v) is 4.41. The summed E-state index contributed by atoms with van der Waals surface area (Å²) < 4.78 is 17.6. The molecule has 1 N–H and O–H groups in total. The summed E-state index contributed by atoms with van der Waals surface area (Å²) in [5, 5.41) is 2.69. The van der Waals surface area contributed by atoms with Gasteiger partial charge in [0.1, 0.15) is 5.82 Å². The fourth-order valence-corrected chi connectivity index (χ4v) is 1.08. The number of hydrogen-bond donors (Lipinski definition) is 1. The van der Waals surface area contributed by atoms with Crippen LogP contribution in [0.1, 0.15) is 5.56 Å². The summed E-state index contributed by atoms with van der Waals surface area (Å²) in [6, 6.07) is 4.75. The van der Waals surface area contributed by atoms with Crippen LogP contribution in [0, 0.1) is 12.7 Å². The van der Waals surface area contributed by atoms with Crippen molar-refractivity contribution in [2.75, 3.05) is 12.4 Å². The number of anilines is 1. The number of para-hydroxylation sites is 1. The van der Waals surface area contributed by atoms with Gasteiger partial charge >= 0.3 is 5.97 Å². The highest BCUT2D eigenvalue weighted by atomic mass is 19.1. The molecular weight excluding hydrogens is 197 g/mol. The van der Waals surface area contributed by atoms with Crippen LogP contribution in [0.4, 0.5) is 10.1 Å². The van der Waals surface area contributed by atoms with Crippen LogP contribution in [0.2, 0.25) is 0 Å². The van der Waals surface area contributed by atoms with Crippen LogP contribution in [-0.2, 0) is 9.53 Å².